The van der Waals surface area contributed by atoms with E-state index in [0.29, 0.717) is 29.0 Å². The summed E-state index contributed by atoms with van der Waals surface area (Å²) >= 11 is 0. The molecule has 0 bridgehead atoms. The summed E-state index contributed by atoms with van der Waals surface area (Å²) in [7, 11) is 0. The van der Waals surface area contributed by atoms with Crippen LogP contribution >= 0.6 is 0 Å². The van der Waals surface area contributed by atoms with Crippen LogP contribution in [0.4, 0.5) is 26.3 Å². The van der Waals surface area contributed by atoms with Crippen LogP contribution in [0.15, 0.2) is 109 Å². The number of carbonyl (C=O) groups excluding carboxylic acids is 2. The van der Waals surface area contributed by atoms with Crippen molar-refractivity contribution in [2.75, 3.05) is 6.61 Å². The van der Waals surface area contributed by atoms with Crippen LogP contribution in [0, 0.1) is 5.92 Å². The van der Waals surface area contributed by atoms with Gasteiger partial charge in [-0.2, -0.15) is 26.3 Å². The standard InChI is InChI=1S/C33H27F6NO3/c1-2-43-30(42)16-15-25(21-28(41)22-18-26(32(34,35)36)20-27(19-22)33(37,38)39)31(29-14-9-17-40-29,23-10-5-3-6-11-23)24-12-7-4-8-13-24/h3-20,25,40H,2,21H2,1H3. The molecule has 1 aromatic heterocycles. The number of esters is 1. The Morgan fingerprint density at radius 1 is 0.767 bits per heavy atom. The minimum Gasteiger partial charge on any atom is -0.463 e. The SMILES string of the molecule is CCOC(=O)C=CC(CC(=O)c1cc(C(F)(F)F)cc(C(F)(F)F)c1)C(c1ccccc1)(c1ccccc1)c1ccc[nH]1. The molecule has 0 saturated heterocycles. The fraction of sp³-hybridized carbons (Fsp3) is 0.212. The molecule has 0 fully saturated rings. The van der Waals surface area contributed by atoms with Crippen molar-refractivity contribution >= 4 is 11.8 Å². The van der Waals surface area contributed by atoms with Crippen molar-refractivity contribution in [1.29, 1.82) is 0 Å². The van der Waals surface area contributed by atoms with Crippen LogP contribution in [0.25, 0.3) is 0 Å². The lowest BCUT2D eigenvalue weighted by Crippen LogP contribution is -2.39. The number of carbonyl (C=O) groups is 2. The Morgan fingerprint density at radius 3 is 1.74 bits per heavy atom. The number of aromatic amines is 1. The molecular formula is C33H27F6NO3. The summed E-state index contributed by atoms with van der Waals surface area (Å²) in [5.41, 5.74) is -3.27. The van der Waals surface area contributed by atoms with Gasteiger partial charge < -0.3 is 9.72 Å². The predicted molar refractivity (Wildman–Crippen MR) is 148 cm³/mol. The average Bonchev–Trinajstić information content (AvgIpc) is 3.51. The predicted octanol–water partition coefficient (Wildman–Crippen LogP) is 8.40. The van der Waals surface area contributed by atoms with Crippen LogP contribution in [-0.2, 0) is 27.3 Å². The number of alkyl halides is 6. The zero-order chi connectivity index (χ0) is 31.3. The average molecular weight is 600 g/mol. The van der Waals surface area contributed by atoms with Gasteiger partial charge in [0.05, 0.1) is 23.1 Å². The Labute approximate surface area is 244 Å². The maximum absolute atomic E-state index is 13.8. The number of Topliss-reactive ketones (excluding diaryl/α,β-unsaturated/α-hetero) is 1. The van der Waals surface area contributed by atoms with E-state index < -0.39 is 58.5 Å². The zero-order valence-corrected chi connectivity index (χ0v) is 22.9. The first-order valence-electron chi connectivity index (χ1n) is 13.3. The molecule has 1 heterocycles. The van der Waals surface area contributed by atoms with Gasteiger partial charge in [0.15, 0.2) is 5.78 Å². The second-order valence-corrected chi connectivity index (χ2v) is 9.76. The van der Waals surface area contributed by atoms with Gasteiger partial charge in [-0.25, -0.2) is 4.79 Å². The van der Waals surface area contributed by atoms with Gasteiger partial charge in [0.25, 0.3) is 0 Å². The van der Waals surface area contributed by atoms with Crippen molar-refractivity contribution in [3.8, 4) is 0 Å². The normalized spacial score (nSPS) is 13.2. The van der Waals surface area contributed by atoms with Crippen molar-refractivity contribution in [3.63, 3.8) is 0 Å². The van der Waals surface area contributed by atoms with E-state index in [0.717, 1.165) is 6.08 Å². The molecule has 1 N–H and O–H groups in total. The number of halogens is 6. The van der Waals surface area contributed by atoms with E-state index in [9.17, 15) is 35.9 Å². The van der Waals surface area contributed by atoms with Gasteiger partial charge in [-0.1, -0.05) is 66.7 Å². The van der Waals surface area contributed by atoms with Gasteiger partial charge in [0, 0.05) is 35.9 Å². The summed E-state index contributed by atoms with van der Waals surface area (Å²) in [5, 5.41) is 0. The highest BCUT2D eigenvalue weighted by Crippen LogP contribution is 2.47. The second-order valence-electron chi connectivity index (χ2n) is 9.76. The van der Waals surface area contributed by atoms with Crippen LogP contribution < -0.4 is 0 Å². The minimum absolute atomic E-state index is 0.0217. The highest BCUT2D eigenvalue weighted by Gasteiger charge is 2.45. The van der Waals surface area contributed by atoms with Crippen molar-refractivity contribution < 1.29 is 40.7 Å². The third-order valence-electron chi connectivity index (χ3n) is 7.10. The third kappa shape index (κ3) is 6.90. The summed E-state index contributed by atoms with van der Waals surface area (Å²) < 4.78 is 86.7. The van der Waals surface area contributed by atoms with Gasteiger partial charge in [-0.15, -0.1) is 0 Å². The summed E-state index contributed by atoms with van der Waals surface area (Å²) in [6.45, 7) is 1.67. The molecule has 10 heteroatoms. The quantitative estimate of drug-likeness (QED) is 0.0862. The number of allylic oxidation sites excluding steroid dienone is 1. The van der Waals surface area contributed by atoms with Crippen LogP contribution in [0.1, 0.15) is 51.7 Å². The fourth-order valence-corrected chi connectivity index (χ4v) is 5.27. The zero-order valence-electron chi connectivity index (χ0n) is 22.9. The van der Waals surface area contributed by atoms with Crippen molar-refractivity contribution in [3.05, 3.63) is 143 Å². The van der Waals surface area contributed by atoms with E-state index in [1.807, 2.05) is 0 Å². The molecule has 43 heavy (non-hydrogen) atoms. The van der Waals surface area contributed by atoms with Crippen LogP contribution in [-0.4, -0.2) is 23.3 Å². The summed E-state index contributed by atoms with van der Waals surface area (Å²) in [4.78, 5) is 29.4. The van der Waals surface area contributed by atoms with E-state index in [2.05, 4.69) is 4.98 Å². The minimum atomic E-state index is -5.12. The molecule has 0 saturated carbocycles. The summed E-state index contributed by atoms with van der Waals surface area (Å²) in [6.07, 6.45) is -6.60. The molecule has 4 aromatic rings. The molecule has 0 amide bonds. The van der Waals surface area contributed by atoms with E-state index in [1.54, 1.807) is 85.9 Å². The summed E-state index contributed by atoms with van der Waals surface area (Å²) in [6, 6.07) is 22.2. The largest absolute Gasteiger partial charge is 0.463 e. The Bertz CT molecular complexity index is 1490. The molecule has 0 aliphatic rings. The maximum atomic E-state index is 13.8. The van der Waals surface area contributed by atoms with Crippen LogP contribution in [0.3, 0.4) is 0 Å². The molecule has 0 spiro atoms. The molecule has 0 aliphatic heterocycles. The number of hydrogen-bond acceptors (Lipinski definition) is 3. The second kappa shape index (κ2) is 12.7. The molecule has 0 aliphatic carbocycles. The lowest BCUT2D eigenvalue weighted by Gasteiger charge is -2.40. The van der Waals surface area contributed by atoms with Crippen LogP contribution in [0.5, 0.6) is 0 Å². The van der Waals surface area contributed by atoms with Crippen molar-refractivity contribution in [1.82, 2.24) is 4.98 Å². The van der Waals surface area contributed by atoms with E-state index in [4.69, 9.17) is 4.74 Å². The van der Waals surface area contributed by atoms with Gasteiger partial charge in [0.2, 0.25) is 0 Å². The first-order valence-corrected chi connectivity index (χ1v) is 13.3. The van der Waals surface area contributed by atoms with Crippen molar-refractivity contribution in [2.24, 2.45) is 5.92 Å². The molecule has 1 unspecified atom stereocenters. The van der Waals surface area contributed by atoms with E-state index in [1.165, 1.54) is 6.08 Å². The number of nitrogens with one attached hydrogen (secondary N) is 1. The van der Waals surface area contributed by atoms with Gasteiger partial charge in [-0.05, 0) is 48.4 Å². The lowest BCUT2D eigenvalue weighted by molar-refractivity contribution is -0.143. The smallest absolute Gasteiger partial charge is 0.416 e. The Balaban J connectivity index is 1.97. The molecule has 4 nitrogen and oxygen atoms in total. The number of H-pyrrole nitrogens is 1. The lowest BCUT2D eigenvalue weighted by atomic mass is 9.62. The van der Waals surface area contributed by atoms with E-state index in [-0.39, 0.29) is 12.7 Å². The van der Waals surface area contributed by atoms with Crippen molar-refractivity contribution in [2.45, 2.75) is 31.1 Å². The fourth-order valence-electron chi connectivity index (χ4n) is 5.27. The Hall–Kier alpha value is -4.60. The van der Waals surface area contributed by atoms with Gasteiger partial charge >= 0.3 is 18.3 Å². The number of aromatic nitrogens is 1. The number of benzene rings is 3. The van der Waals surface area contributed by atoms with Gasteiger partial charge in [-0.3, -0.25) is 4.79 Å². The van der Waals surface area contributed by atoms with E-state index >= 15 is 0 Å². The molecule has 3 aromatic carbocycles. The Kier molecular flexibility index (Phi) is 9.27. The maximum Gasteiger partial charge on any atom is 0.416 e. The number of rotatable bonds is 10. The monoisotopic (exact) mass is 599 g/mol. The topological polar surface area (TPSA) is 59.2 Å². The van der Waals surface area contributed by atoms with Gasteiger partial charge in [0.1, 0.15) is 0 Å². The number of ether oxygens (including phenoxy) is 1. The molecule has 224 valence electrons. The third-order valence-corrected chi connectivity index (χ3v) is 7.10. The molecule has 0 radical (unpaired) electrons. The molecule has 1 atom stereocenters. The first-order chi connectivity index (χ1) is 20.4. The number of hydrogen-bond donors (Lipinski definition) is 1. The summed E-state index contributed by atoms with van der Waals surface area (Å²) in [5.74, 6) is -2.69. The van der Waals surface area contributed by atoms with Crippen LogP contribution in [0.2, 0.25) is 0 Å². The number of ketones is 1. The highest BCUT2D eigenvalue weighted by molar-refractivity contribution is 5.97. The first kappa shape index (κ1) is 31.3. The Morgan fingerprint density at radius 2 is 1.30 bits per heavy atom. The molecular weight excluding hydrogens is 572 g/mol. The highest BCUT2D eigenvalue weighted by atomic mass is 19.4. The molecule has 4 rings (SSSR count).